The molecule has 1 aliphatic rings. The summed E-state index contributed by atoms with van der Waals surface area (Å²) in [5.74, 6) is 0.0176. The van der Waals surface area contributed by atoms with Crippen LogP contribution < -0.4 is 5.32 Å². The zero-order chi connectivity index (χ0) is 20.6. The number of morpholine rings is 1. The zero-order valence-electron chi connectivity index (χ0n) is 17.2. The smallest absolute Gasteiger partial charge is 0.243 e. The van der Waals surface area contributed by atoms with Crippen LogP contribution in [0.15, 0.2) is 29.2 Å². The van der Waals surface area contributed by atoms with Crippen LogP contribution >= 0.6 is 0 Å². The second kappa shape index (κ2) is 10.9. The summed E-state index contributed by atoms with van der Waals surface area (Å²) in [6.45, 7) is 10.5. The van der Waals surface area contributed by atoms with Crippen molar-refractivity contribution in [1.82, 2.24) is 14.5 Å². The van der Waals surface area contributed by atoms with Crippen molar-refractivity contribution in [2.75, 3.05) is 45.9 Å². The molecule has 8 heteroatoms. The Morgan fingerprint density at radius 1 is 1.18 bits per heavy atom. The number of aryl methyl sites for hydroxylation is 1. The van der Waals surface area contributed by atoms with Crippen LogP contribution in [0.1, 0.15) is 32.8 Å². The molecule has 0 bridgehead atoms. The third-order valence-corrected chi connectivity index (χ3v) is 7.12. The van der Waals surface area contributed by atoms with Crippen LogP contribution in [0.5, 0.6) is 0 Å². The lowest BCUT2D eigenvalue weighted by molar-refractivity contribution is -0.121. The van der Waals surface area contributed by atoms with Crippen LogP contribution in [-0.2, 0) is 26.0 Å². The molecule has 1 aromatic rings. The van der Waals surface area contributed by atoms with Gasteiger partial charge in [0, 0.05) is 32.1 Å². The number of amides is 1. The standard InChI is InChI=1S/C20H33N3O4S/c1-4-22(5-2)17(3)16-21-20(24)11-8-18-6-9-19(10-7-18)28(25,26)23-12-14-27-15-13-23/h6-7,9-10,17H,4-5,8,11-16H2,1-3H3,(H,21,24). The van der Waals surface area contributed by atoms with Gasteiger partial charge in [-0.15, -0.1) is 0 Å². The normalized spacial score (nSPS) is 16.9. The van der Waals surface area contributed by atoms with Gasteiger partial charge >= 0.3 is 0 Å². The number of ether oxygens (including phenoxy) is 1. The van der Waals surface area contributed by atoms with Crippen molar-refractivity contribution in [1.29, 1.82) is 0 Å². The monoisotopic (exact) mass is 411 g/mol. The van der Waals surface area contributed by atoms with E-state index in [0.717, 1.165) is 18.7 Å². The van der Waals surface area contributed by atoms with E-state index in [-0.39, 0.29) is 10.8 Å². The molecule has 1 unspecified atom stereocenters. The van der Waals surface area contributed by atoms with Gasteiger partial charge in [0.05, 0.1) is 18.1 Å². The molecule has 0 saturated carbocycles. The van der Waals surface area contributed by atoms with Crippen molar-refractivity contribution < 1.29 is 17.9 Å². The lowest BCUT2D eigenvalue weighted by atomic mass is 10.1. The summed E-state index contributed by atoms with van der Waals surface area (Å²) in [5, 5.41) is 2.99. The number of rotatable bonds is 10. The lowest BCUT2D eigenvalue weighted by Crippen LogP contribution is -2.42. The van der Waals surface area contributed by atoms with E-state index in [1.165, 1.54) is 4.31 Å². The Morgan fingerprint density at radius 2 is 1.79 bits per heavy atom. The Labute approximate surface area is 169 Å². The maximum Gasteiger partial charge on any atom is 0.243 e. The number of benzene rings is 1. The van der Waals surface area contributed by atoms with E-state index < -0.39 is 10.0 Å². The molecule has 1 aromatic carbocycles. The zero-order valence-corrected chi connectivity index (χ0v) is 18.0. The third-order valence-electron chi connectivity index (χ3n) is 5.20. The molecule has 158 valence electrons. The van der Waals surface area contributed by atoms with Crippen LogP contribution in [0.4, 0.5) is 0 Å². The molecule has 2 rings (SSSR count). The van der Waals surface area contributed by atoms with E-state index in [4.69, 9.17) is 4.74 Å². The molecular weight excluding hydrogens is 378 g/mol. The van der Waals surface area contributed by atoms with Gasteiger partial charge in [0.25, 0.3) is 0 Å². The van der Waals surface area contributed by atoms with Gasteiger partial charge in [0.1, 0.15) is 0 Å². The third kappa shape index (κ3) is 6.27. The second-order valence-corrected chi connectivity index (χ2v) is 8.97. The summed E-state index contributed by atoms with van der Waals surface area (Å²) in [7, 11) is -3.47. The number of nitrogens with one attached hydrogen (secondary N) is 1. The summed E-state index contributed by atoms with van der Waals surface area (Å²) < 4.78 is 31.9. The Kier molecular flexibility index (Phi) is 8.88. The molecule has 28 heavy (non-hydrogen) atoms. The summed E-state index contributed by atoms with van der Waals surface area (Å²) in [4.78, 5) is 14.7. The maximum absolute atomic E-state index is 12.6. The molecule has 1 aliphatic heterocycles. The predicted molar refractivity (Wildman–Crippen MR) is 110 cm³/mol. The highest BCUT2D eigenvalue weighted by atomic mass is 32.2. The van der Waals surface area contributed by atoms with Gasteiger partial charge in [0.2, 0.25) is 15.9 Å². The fraction of sp³-hybridized carbons (Fsp3) is 0.650. The minimum Gasteiger partial charge on any atom is -0.379 e. The van der Waals surface area contributed by atoms with Crippen LogP contribution in [0.3, 0.4) is 0 Å². The lowest BCUT2D eigenvalue weighted by Gasteiger charge is -2.26. The maximum atomic E-state index is 12.6. The highest BCUT2D eigenvalue weighted by Gasteiger charge is 2.26. The Balaban J connectivity index is 1.83. The van der Waals surface area contributed by atoms with Gasteiger partial charge < -0.3 is 10.1 Å². The van der Waals surface area contributed by atoms with Crippen molar-refractivity contribution in [2.24, 2.45) is 0 Å². The number of carbonyl (C=O) groups is 1. The first-order chi connectivity index (χ1) is 13.4. The molecule has 1 N–H and O–H groups in total. The Bertz CT molecular complexity index is 711. The fourth-order valence-corrected chi connectivity index (χ4v) is 4.76. The molecule has 0 aliphatic carbocycles. The largest absolute Gasteiger partial charge is 0.379 e. The molecule has 7 nitrogen and oxygen atoms in total. The van der Waals surface area contributed by atoms with Crippen LogP contribution in [-0.4, -0.2) is 75.5 Å². The Morgan fingerprint density at radius 3 is 2.36 bits per heavy atom. The molecular formula is C20H33N3O4S. The number of hydrogen-bond acceptors (Lipinski definition) is 5. The first kappa shape index (κ1) is 22.8. The van der Waals surface area contributed by atoms with Crippen LogP contribution in [0, 0.1) is 0 Å². The predicted octanol–water partition coefficient (Wildman–Crippen LogP) is 1.49. The minimum atomic E-state index is -3.47. The highest BCUT2D eigenvalue weighted by molar-refractivity contribution is 7.89. The quantitative estimate of drug-likeness (QED) is 0.631. The van der Waals surface area contributed by atoms with Crippen LogP contribution in [0.2, 0.25) is 0 Å². The molecule has 0 aromatic heterocycles. The summed E-state index contributed by atoms with van der Waals surface area (Å²) in [6.07, 6.45) is 0.976. The van der Waals surface area contributed by atoms with Gasteiger partial charge in [-0.1, -0.05) is 26.0 Å². The van der Waals surface area contributed by atoms with Crippen molar-refractivity contribution in [3.63, 3.8) is 0 Å². The fourth-order valence-electron chi connectivity index (χ4n) is 3.35. The van der Waals surface area contributed by atoms with E-state index in [0.29, 0.717) is 51.7 Å². The molecule has 1 amide bonds. The molecule has 0 radical (unpaired) electrons. The number of likely N-dealkylation sites (N-methyl/N-ethyl adjacent to an activating group) is 1. The van der Waals surface area contributed by atoms with Gasteiger partial charge in [-0.25, -0.2) is 8.42 Å². The summed E-state index contributed by atoms with van der Waals surface area (Å²) in [6, 6.07) is 7.14. The first-order valence-electron chi connectivity index (χ1n) is 10.1. The first-order valence-corrected chi connectivity index (χ1v) is 11.5. The van der Waals surface area contributed by atoms with Crippen molar-refractivity contribution in [2.45, 2.75) is 44.6 Å². The summed E-state index contributed by atoms with van der Waals surface area (Å²) >= 11 is 0. The second-order valence-electron chi connectivity index (χ2n) is 7.03. The van der Waals surface area contributed by atoms with Crippen molar-refractivity contribution in [3.8, 4) is 0 Å². The van der Waals surface area contributed by atoms with Gasteiger partial charge in [0.15, 0.2) is 0 Å². The molecule has 1 fully saturated rings. The van der Waals surface area contributed by atoms with E-state index in [2.05, 4.69) is 31.0 Å². The van der Waals surface area contributed by atoms with Crippen molar-refractivity contribution >= 4 is 15.9 Å². The van der Waals surface area contributed by atoms with Gasteiger partial charge in [-0.2, -0.15) is 4.31 Å². The number of nitrogens with zero attached hydrogens (tertiary/aromatic N) is 2. The number of carbonyl (C=O) groups excluding carboxylic acids is 1. The van der Waals surface area contributed by atoms with E-state index >= 15 is 0 Å². The van der Waals surface area contributed by atoms with E-state index in [1.807, 2.05) is 0 Å². The van der Waals surface area contributed by atoms with Crippen molar-refractivity contribution in [3.05, 3.63) is 29.8 Å². The SMILES string of the molecule is CCN(CC)C(C)CNC(=O)CCc1ccc(S(=O)(=O)N2CCOCC2)cc1. The average molecular weight is 412 g/mol. The number of hydrogen-bond donors (Lipinski definition) is 1. The van der Waals surface area contributed by atoms with Gasteiger partial charge in [-0.3, -0.25) is 9.69 Å². The highest BCUT2D eigenvalue weighted by Crippen LogP contribution is 2.18. The van der Waals surface area contributed by atoms with Gasteiger partial charge in [-0.05, 0) is 44.1 Å². The molecule has 1 saturated heterocycles. The molecule has 0 spiro atoms. The minimum absolute atomic E-state index is 0.0176. The molecule has 1 atom stereocenters. The topological polar surface area (TPSA) is 79.0 Å². The van der Waals surface area contributed by atoms with E-state index in [9.17, 15) is 13.2 Å². The van der Waals surface area contributed by atoms with Crippen LogP contribution in [0.25, 0.3) is 0 Å². The molecule has 1 heterocycles. The summed E-state index contributed by atoms with van der Waals surface area (Å²) in [5.41, 5.74) is 0.952. The van der Waals surface area contributed by atoms with E-state index in [1.54, 1.807) is 24.3 Å². The number of sulfonamides is 1. The Hall–Kier alpha value is -1.48. The average Bonchev–Trinajstić information content (AvgIpc) is 2.72.